The van der Waals surface area contributed by atoms with E-state index in [1.807, 2.05) is 52.5 Å². The van der Waals surface area contributed by atoms with Crippen LogP contribution in [0.3, 0.4) is 0 Å². The highest BCUT2D eigenvalue weighted by molar-refractivity contribution is 7.15. The van der Waals surface area contributed by atoms with Gasteiger partial charge < -0.3 is 24.4 Å². The number of rotatable bonds is 6. The summed E-state index contributed by atoms with van der Waals surface area (Å²) in [4.78, 5) is 43.5. The minimum atomic E-state index is -1.02. The zero-order chi connectivity index (χ0) is 31.5. The Morgan fingerprint density at radius 1 is 0.953 bits per heavy atom. The van der Waals surface area contributed by atoms with Gasteiger partial charge in [-0.05, 0) is 111 Å². The summed E-state index contributed by atoms with van der Waals surface area (Å²) in [5, 5.41) is 10.2. The molecule has 2 saturated carbocycles. The Morgan fingerprint density at radius 2 is 1.60 bits per heavy atom. The van der Waals surface area contributed by atoms with Crippen molar-refractivity contribution < 1.29 is 29.0 Å². The third kappa shape index (κ3) is 9.21. The van der Waals surface area contributed by atoms with Gasteiger partial charge in [0.05, 0.1) is 29.3 Å². The van der Waals surface area contributed by atoms with Gasteiger partial charge in [-0.15, -0.1) is 11.3 Å². The summed E-state index contributed by atoms with van der Waals surface area (Å²) >= 11 is 1.16. The molecule has 2 amide bonds. The number of thiophene rings is 1. The number of ether oxygens (including phenoxy) is 2. The van der Waals surface area contributed by atoms with E-state index in [-0.39, 0.29) is 46.5 Å². The highest BCUT2D eigenvalue weighted by Crippen LogP contribution is 2.39. The first-order chi connectivity index (χ1) is 20.1. The molecule has 1 aromatic rings. The summed E-state index contributed by atoms with van der Waals surface area (Å²) in [5.74, 6) is 5.93. The molecule has 1 atom stereocenters. The van der Waals surface area contributed by atoms with Gasteiger partial charge >= 0.3 is 12.1 Å². The number of aromatic carboxylic acids is 1. The Balaban J connectivity index is 1.48. The van der Waals surface area contributed by atoms with Gasteiger partial charge in [0, 0.05) is 23.9 Å². The lowest BCUT2D eigenvalue weighted by Crippen LogP contribution is -2.47. The second-order valence-corrected chi connectivity index (χ2v) is 15.8. The molecule has 1 saturated heterocycles. The van der Waals surface area contributed by atoms with Gasteiger partial charge in [-0.2, -0.15) is 0 Å². The van der Waals surface area contributed by atoms with Crippen LogP contribution in [0.4, 0.5) is 10.5 Å². The maximum absolute atomic E-state index is 14.2. The number of hydrogen-bond donors (Lipinski definition) is 1. The largest absolute Gasteiger partial charge is 0.477 e. The molecule has 2 heterocycles. The van der Waals surface area contributed by atoms with Crippen LogP contribution < -0.4 is 4.90 Å². The third-order valence-corrected chi connectivity index (χ3v) is 9.55. The van der Waals surface area contributed by atoms with Crippen molar-refractivity contribution in [1.82, 2.24) is 4.90 Å². The van der Waals surface area contributed by atoms with Crippen molar-refractivity contribution in [2.24, 2.45) is 17.3 Å². The average molecular weight is 615 g/mol. The first-order valence-corrected chi connectivity index (χ1v) is 16.8. The van der Waals surface area contributed by atoms with Crippen LogP contribution in [0.25, 0.3) is 0 Å². The molecule has 8 nitrogen and oxygen atoms in total. The van der Waals surface area contributed by atoms with E-state index in [0.717, 1.165) is 69.1 Å². The average Bonchev–Trinajstić information content (AvgIpc) is 3.55. The Labute approximate surface area is 261 Å². The molecule has 238 valence electrons. The summed E-state index contributed by atoms with van der Waals surface area (Å²) in [6, 6.07) is 1.73. The van der Waals surface area contributed by atoms with E-state index in [1.54, 1.807) is 4.90 Å². The summed E-state index contributed by atoms with van der Waals surface area (Å²) in [7, 11) is 0. The molecule has 43 heavy (non-hydrogen) atoms. The predicted octanol–water partition coefficient (Wildman–Crippen LogP) is 7.34. The summed E-state index contributed by atoms with van der Waals surface area (Å²) in [6.45, 7) is 15.0. The Morgan fingerprint density at radius 3 is 2.19 bits per heavy atom. The lowest BCUT2D eigenvalue weighted by atomic mass is 9.81. The molecule has 0 spiro atoms. The zero-order valence-electron chi connectivity index (χ0n) is 27.0. The molecule has 0 bridgehead atoms. The van der Waals surface area contributed by atoms with E-state index >= 15 is 0 Å². The van der Waals surface area contributed by atoms with Gasteiger partial charge in [-0.25, -0.2) is 9.59 Å². The van der Waals surface area contributed by atoms with Crippen molar-refractivity contribution >= 4 is 35.0 Å². The first-order valence-electron chi connectivity index (χ1n) is 16.0. The highest BCUT2D eigenvalue weighted by Gasteiger charge is 2.39. The summed E-state index contributed by atoms with van der Waals surface area (Å²) in [5.41, 5.74) is -0.257. The molecule has 9 heteroatoms. The maximum Gasteiger partial charge on any atom is 0.410 e. The molecule has 1 aliphatic heterocycles. The molecule has 0 aromatic carbocycles. The number of hydrogen-bond acceptors (Lipinski definition) is 6. The molecule has 2 aliphatic carbocycles. The van der Waals surface area contributed by atoms with Crippen LogP contribution in [0.5, 0.6) is 0 Å². The van der Waals surface area contributed by atoms with E-state index in [9.17, 15) is 19.5 Å². The molecule has 3 aliphatic rings. The standard InChI is InChI=1S/C34H50N2O6S/c1-22-8-10-23(11-9-22)30(37)36(28-20-27(16-18-33(2,3)4)43-29(28)31(38)39)24-12-14-25(15-13-24)41-26-17-19-35(21-26)32(40)42-34(5,6)7/h20,22-26H,8-15,17,19,21H2,1-7H3,(H,38,39)/t22?,23?,24?,25?,26-/m0/s1. The highest BCUT2D eigenvalue weighted by atomic mass is 32.1. The number of carboxylic acids is 1. The number of amides is 2. The molecule has 3 fully saturated rings. The van der Waals surface area contributed by atoms with Gasteiger partial charge in [-0.1, -0.05) is 18.8 Å². The number of likely N-dealkylation sites (tertiary alicyclic amines) is 1. The molecular formula is C34H50N2O6S. The Hall–Kier alpha value is -2.57. The van der Waals surface area contributed by atoms with Crippen molar-refractivity contribution in [3.63, 3.8) is 0 Å². The van der Waals surface area contributed by atoms with Crippen LogP contribution in [0.2, 0.25) is 0 Å². The normalized spacial score (nSPS) is 26.4. The van der Waals surface area contributed by atoms with Crippen molar-refractivity contribution in [2.45, 2.75) is 130 Å². The molecule has 0 radical (unpaired) electrons. The van der Waals surface area contributed by atoms with Gasteiger partial charge in [0.1, 0.15) is 10.5 Å². The van der Waals surface area contributed by atoms with Gasteiger partial charge in [0.15, 0.2) is 0 Å². The van der Waals surface area contributed by atoms with E-state index < -0.39 is 11.6 Å². The minimum Gasteiger partial charge on any atom is -0.477 e. The second-order valence-electron chi connectivity index (χ2n) is 14.7. The monoisotopic (exact) mass is 614 g/mol. The zero-order valence-corrected chi connectivity index (χ0v) is 27.8. The van der Waals surface area contributed by atoms with E-state index in [2.05, 4.69) is 18.8 Å². The second kappa shape index (κ2) is 13.6. The lowest BCUT2D eigenvalue weighted by Gasteiger charge is -2.40. The van der Waals surface area contributed by atoms with Crippen molar-refractivity contribution in [3.8, 4) is 11.8 Å². The quantitative estimate of drug-likeness (QED) is 0.337. The third-order valence-electron chi connectivity index (χ3n) is 8.52. The summed E-state index contributed by atoms with van der Waals surface area (Å²) < 4.78 is 12.0. The van der Waals surface area contributed by atoms with Gasteiger partial charge in [0.2, 0.25) is 5.91 Å². The number of anilines is 1. The number of nitrogens with zero attached hydrogens (tertiary/aromatic N) is 2. The fourth-order valence-corrected chi connectivity index (χ4v) is 7.11. The van der Waals surface area contributed by atoms with E-state index in [1.165, 1.54) is 0 Å². The SMILES string of the molecule is CC1CCC(C(=O)N(c2cc(C#CC(C)(C)C)sc2C(=O)O)C2CCC(O[C@H]3CCN(C(=O)OC(C)(C)C)C3)CC2)CC1. The molecule has 0 unspecified atom stereocenters. The van der Waals surface area contributed by atoms with Crippen LogP contribution in [-0.4, -0.2) is 64.9 Å². The predicted molar refractivity (Wildman–Crippen MR) is 170 cm³/mol. The van der Waals surface area contributed by atoms with Crippen LogP contribution in [0, 0.1) is 29.1 Å². The van der Waals surface area contributed by atoms with E-state index in [4.69, 9.17) is 9.47 Å². The van der Waals surface area contributed by atoms with Crippen LogP contribution in [0.1, 0.15) is 121 Å². The molecule has 1 aromatic heterocycles. The van der Waals surface area contributed by atoms with Gasteiger partial charge in [-0.3, -0.25) is 4.79 Å². The first kappa shape index (κ1) is 33.3. The maximum atomic E-state index is 14.2. The van der Waals surface area contributed by atoms with Crippen molar-refractivity contribution in [1.29, 1.82) is 0 Å². The van der Waals surface area contributed by atoms with Gasteiger partial charge in [0.25, 0.3) is 0 Å². The van der Waals surface area contributed by atoms with Crippen molar-refractivity contribution in [2.75, 3.05) is 18.0 Å². The van der Waals surface area contributed by atoms with Crippen LogP contribution >= 0.6 is 11.3 Å². The fraction of sp³-hybridized carbons (Fsp3) is 0.735. The fourth-order valence-electron chi connectivity index (χ4n) is 6.27. The summed E-state index contributed by atoms with van der Waals surface area (Å²) in [6.07, 6.45) is 7.24. The smallest absolute Gasteiger partial charge is 0.410 e. The minimum absolute atomic E-state index is 0.0320. The molecule has 1 N–H and O–H groups in total. The number of carboxylic acid groups (broad SMARTS) is 1. The van der Waals surface area contributed by atoms with Crippen LogP contribution in [-0.2, 0) is 14.3 Å². The number of carbonyl (C=O) groups is 3. The van der Waals surface area contributed by atoms with Crippen molar-refractivity contribution in [3.05, 3.63) is 15.8 Å². The van der Waals surface area contributed by atoms with Crippen LogP contribution in [0.15, 0.2) is 6.07 Å². The van der Waals surface area contributed by atoms with E-state index in [0.29, 0.717) is 29.6 Å². The number of carbonyl (C=O) groups excluding carboxylic acids is 2. The topological polar surface area (TPSA) is 96.4 Å². The molecule has 4 rings (SSSR count). The Kier molecular flexibility index (Phi) is 10.5. The Bertz CT molecular complexity index is 1220. The lowest BCUT2D eigenvalue weighted by molar-refractivity contribution is -0.124. The molecular weight excluding hydrogens is 564 g/mol.